The second kappa shape index (κ2) is 8.59. The minimum atomic E-state index is 0.164. The van der Waals surface area contributed by atoms with Gasteiger partial charge in [-0.1, -0.05) is 18.2 Å². The van der Waals surface area contributed by atoms with Crippen LogP contribution in [0.3, 0.4) is 0 Å². The maximum absolute atomic E-state index is 11.7. The van der Waals surface area contributed by atoms with E-state index < -0.39 is 0 Å². The van der Waals surface area contributed by atoms with Gasteiger partial charge >= 0.3 is 0 Å². The zero-order valence-electron chi connectivity index (χ0n) is 11.9. The molecule has 1 aliphatic rings. The molecule has 2 rings (SSSR count). The average molecular weight is 276 g/mol. The Bertz CT molecular complexity index is 389. The summed E-state index contributed by atoms with van der Waals surface area (Å²) in [7, 11) is 0. The number of amides is 1. The van der Waals surface area contributed by atoms with E-state index in [0.717, 1.165) is 31.7 Å². The molecule has 1 amide bonds. The van der Waals surface area contributed by atoms with E-state index >= 15 is 0 Å². The van der Waals surface area contributed by atoms with Crippen molar-refractivity contribution in [3.8, 4) is 5.75 Å². The monoisotopic (exact) mass is 276 g/mol. The lowest BCUT2D eigenvalue weighted by molar-refractivity contribution is -0.121. The molecule has 1 aromatic carbocycles. The Balaban J connectivity index is 1.47. The maximum Gasteiger partial charge on any atom is 0.220 e. The summed E-state index contributed by atoms with van der Waals surface area (Å²) < 4.78 is 5.57. The number of para-hydroxylation sites is 1. The van der Waals surface area contributed by atoms with Crippen LogP contribution in [0.25, 0.3) is 0 Å². The van der Waals surface area contributed by atoms with Gasteiger partial charge in [-0.3, -0.25) is 4.79 Å². The topological polar surface area (TPSA) is 50.4 Å². The second-order valence-corrected chi connectivity index (χ2v) is 5.26. The van der Waals surface area contributed by atoms with Gasteiger partial charge in [0.15, 0.2) is 0 Å². The van der Waals surface area contributed by atoms with Gasteiger partial charge in [-0.05, 0) is 50.4 Å². The number of hydrogen-bond acceptors (Lipinski definition) is 3. The molecule has 110 valence electrons. The standard InChI is InChI=1S/C16H24N2O2/c19-16(8-7-14-9-11-17-13-14)18-10-4-12-20-15-5-2-1-3-6-15/h1-3,5-6,14,17H,4,7-13H2,(H,18,19). The third kappa shape index (κ3) is 5.61. The Hall–Kier alpha value is -1.55. The Morgan fingerprint density at radius 1 is 1.35 bits per heavy atom. The highest BCUT2D eigenvalue weighted by Gasteiger charge is 2.15. The van der Waals surface area contributed by atoms with Crippen molar-refractivity contribution < 1.29 is 9.53 Å². The molecule has 20 heavy (non-hydrogen) atoms. The Kier molecular flexibility index (Phi) is 6.38. The molecule has 1 atom stereocenters. The van der Waals surface area contributed by atoms with Gasteiger partial charge in [-0.2, -0.15) is 0 Å². The van der Waals surface area contributed by atoms with E-state index in [1.54, 1.807) is 0 Å². The highest BCUT2D eigenvalue weighted by Crippen LogP contribution is 2.13. The summed E-state index contributed by atoms with van der Waals surface area (Å²) in [5.74, 6) is 1.73. The summed E-state index contributed by atoms with van der Waals surface area (Å²) in [5.41, 5.74) is 0. The van der Waals surface area contributed by atoms with Crippen molar-refractivity contribution in [3.63, 3.8) is 0 Å². The van der Waals surface area contributed by atoms with Crippen molar-refractivity contribution in [2.45, 2.75) is 25.7 Å². The van der Waals surface area contributed by atoms with Crippen molar-refractivity contribution in [2.75, 3.05) is 26.2 Å². The molecule has 1 aromatic rings. The first-order valence-electron chi connectivity index (χ1n) is 7.50. The number of ether oxygens (including phenoxy) is 1. The molecule has 1 saturated heterocycles. The van der Waals surface area contributed by atoms with Crippen LogP contribution in [-0.4, -0.2) is 32.1 Å². The molecule has 0 aliphatic carbocycles. The van der Waals surface area contributed by atoms with E-state index in [4.69, 9.17) is 4.74 Å². The van der Waals surface area contributed by atoms with Crippen LogP contribution in [0.1, 0.15) is 25.7 Å². The number of rotatable bonds is 8. The van der Waals surface area contributed by atoms with Crippen LogP contribution >= 0.6 is 0 Å². The lowest BCUT2D eigenvalue weighted by Crippen LogP contribution is -2.26. The summed E-state index contributed by atoms with van der Waals surface area (Å²) in [6.07, 6.45) is 3.69. The molecular weight excluding hydrogens is 252 g/mol. The van der Waals surface area contributed by atoms with Gasteiger partial charge < -0.3 is 15.4 Å². The first-order chi connectivity index (χ1) is 9.84. The first kappa shape index (κ1) is 14.9. The minimum absolute atomic E-state index is 0.164. The summed E-state index contributed by atoms with van der Waals surface area (Å²) >= 11 is 0. The van der Waals surface area contributed by atoms with Gasteiger partial charge in [-0.15, -0.1) is 0 Å². The second-order valence-electron chi connectivity index (χ2n) is 5.26. The van der Waals surface area contributed by atoms with Crippen molar-refractivity contribution in [3.05, 3.63) is 30.3 Å². The molecule has 1 aliphatic heterocycles. The first-order valence-corrected chi connectivity index (χ1v) is 7.50. The fraction of sp³-hybridized carbons (Fsp3) is 0.562. The fourth-order valence-corrected chi connectivity index (χ4v) is 2.39. The largest absolute Gasteiger partial charge is 0.494 e. The molecular formula is C16H24N2O2. The molecule has 1 heterocycles. The number of carbonyl (C=O) groups is 1. The van der Waals surface area contributed by atoms with Gasteiger partial charge in [0.2, 0.25) is 5.91 Å². The van der Waals surface area contributed by atoms with Crippen molar-refractivity contribution in [2.24, 2.45) is 5.92 Å². The van der Waals surface area contributed by atoms with Gasteiger partial charge in [-0.25, -0.2) is 0 Å². The third-order valence-electron chi connectivity index (χ3n) is 3.60. The third-order valence-corrected chi connectivity index (χ3v) is 3.60. The van der Waals surface area contributed by atoms with E-state index in [2.05, 4.69) is 10.6 Å². The Morgan fingerprint density at radius 3 is 2.95 bits per heavy atom. The molecule has 0 radical (unpaired) electrons. The van der Waals surface area contributed by atoms with E-state index in [1.807, 2.05) is 30.3 Å². The Morgan fingerprint density at radius 2 is 2.20 bits per heavy atom. The molecule has 1 unspecified atom stereocenters. The quantitative estimate of drug-likeness (QED) is 0.714. The molecule has 4 nitrogen and oxygen atoms in total. The molecule has 0 spiro atoms. The zero-order valence-corrected chi connectivity index (χ0v) is 11.9. The van der Waals surface area contributed by atoms with E-state index in [1.165, 1.54) is 6.42 Å². The van der Waals surface area contributed by atoms with Crippen molar-refractivity contribution in [1.82, 2.24) is 10.6 Å². The van der Waals surface area contributed by atoms with Gasteiger partial charge in [0.1, 0.15) is 5.75 Å². The molecule has 0 bridgehead atoms. The Labute approximate surface area is 120 Å². The van der Waals surface area contributed by atoms with E-state index in [9.17, 15) is 4.79 Å². The lowest BCUT2D eigenvalue weighted by atomic mass is 10.0. The maximum atomic E-state index is 11.7. The van der Waals surface area contributed by atoms with Crippen molar-refractivity contribution >= 4 is 5.91 Å². The van der Waals surface area contributed by atoms with Gasteiger partial charge in [0, 0.05) is 13.0 Å². The van der Waals surface area contributed by atoms with Gasteiger partial charge in [0.25, 0.3) is 0 Å². The smallest absolute Gasteiger partial charge is 0.220 e. The van der Waals surface area contributed by atoms with Crippen LogP contribution in [0, 0.1) is 5.92 Å². The summed E-state index contributed by atoms with van der Waals surface area (Å²) in [4.78, 5) is 11.7. The van der Waals surface area contributed by atoms with Crippen LogP contribution in [0.15, 0.2) is 30.3 Å². The van der Waals surface area contributed by atoms with Gasteiger partial charge in [0.05, 0.1) is 6.61 Å². The van der Waals surface area contributed by atoms with Crippen LogP contribution < -0.4 is 15.4 Å². The SMILES string of the molecule is O=C(CCC1CCNC1)NCCCOc1ccccc1. The fourth-order valence-electron chi connectivity index (χ4n) is 2.39. The van der Waals surface area contributed by atoms with Crippen LogP contribution in [-0.2, 0) is 4.79 Å². The number of benzene rings is 1. The molecule has 4 heteroatoms. The molecule has 2 N–H and O–H groups in total. The summed E-state index contributed by atoms with van der Waals surface area (Å²) in [6, 6.07) is 9.75. The number of nitrogens with one attached hydrogen (secondary N) is 2. The van der Waals surface area contributed by atoms with E-state index in [-0.39, 0.29) is 5.91 Å². The van der Waals surface area contributed by atoms with E-state index in [0.29, 0.717) is 25.5 Å². The predicted octanol–water partition coefficient (Wildman–Crippen LogP) is 1.96. The highest BCUT2D eigenvalue weighted by atomic mass is 16.5. The van der Waals surface area contributed by atoms with Crippen LogP contribution in [0.4, 0.5) is 0 Å². The van der Waals surface area contributed by atoms with Crippen molar-refractivity contribution in [1.29, 1.82) is 0 Å². The van der Waals surface area contributed by atoms with Crippen LogP contribution in [0.2, 0.25) is 0 Å². The predicted molar refractivity (Wildman–Crippen MR) is 79.8 cm³/mol. The lowest BCUT2D eigenvalue weighted by Gasteiger charge is -2.09. The number of hydrogen-bond donors (Lipinski definition) is 2. The van der Waals surface area contributed by atoms with Crippen LogP contribution in [0.5, 0.6) is 5.75 Å². The average Bonchev–Trinajstić information content (AvgIpc) is 2.99. The summed E-state index contributed by atoms with van der Waals surface area (Å²) in [5, 5.41) is 6.28. The normalized spacial score (nSPS) is 17.9. The molecule has 1 fully saturated rings. The minimum Gasteiger partial charge on any atom is -0.494 e. The molecule has 0 aromatic heterocycles. The summed E-state index contributed by atoms with van der Waals surface area (Å²) in [6.45, 7) is 3.49. The highest BCUT2D eigenvalue weighted by molar-refractivity contribution is 5.75. The molecule has 0 saturated carbocycles. The number of carbonyl (C=O) groups excluding carboxylic acids is 1. The zero-order chi connectivity index (χ0) is 14.0.